The van der Waals surface area contributed by atoms with E-state index in [2.05, 4.69) is 31.2 Å². The number of aromatic nitrogens is 2. The highest BCUT2D eigenvalue weighted by atomic mass is 79.9. The number of carbonyl (C=O) groups is 1. The first-order valence-corrected chi connectivity index (χ1v) is 7.20. The predicted molar refractivity (Wildman–Crippen MR) is 86.4 cm³/mol. The van der Waals surface area contributed by atoms with Crippen molar-refractivity contribution in [1.29, 1.82) is 0 Å². The quantitative estimate of drug-likeness (QED) is 0.767. The van der Waals surface area contributed by atoms with Crippen molar-refractivity contribution in [2.24, 2.45) is 0 Å². The number of hydrogen-bond donors (Lipinski definition) is 1. The van der Waals surface area contributed by atoms with Gasteiger partial charge in [0.05, 0.1) is 11.0 Å². The standard InChI is InChI=1S/C16H12BrN3O/c1-10-6-11(8-12(17)7-10)16(21)20-13-2-3-14-15(9-13)19-5-4-18-14/h2-9H,1H3,(H,20,21). The minimum absolute atomic E-state index is 0.150. The second-order valence-electron chi connectivity index (χ2n) is 4.73. The van der Waals surface area contributed by atoms with Crippen LogP contribution in [0.25, 0.3) is 11.0 Å². The number of anilines is 1. The molecule has 0 aliphatic carbocycles. The Bertz CT molecular complexity index is 812. The molecule has 4 nitrogen and oxygen atoms in total. The zero-order valence-electron chi connectivity index (χ0n) is 11.3. The molecule has 0 fully saturated rings. The van der Waals surface area contributed by atoms with Gasteiger partial charge in [0, 0.05) is 28.1 Å². The van der Waals surface area contributed by atoms with Gasteiger partial charge in [-0.2, -0.15) is 0 Å². The smallest absolute Gasteiger partial charge is 0.255 e. The second kappa shape index (κ2) is 5.61. The van der Waals surface area contributed by atoms with Crippen molar-refractivity contribution in [2.75, 3.05) is 5.32 Å². The number of benzene rings is 2. The lowest BCUT2D eigenvalue weighted by Gasteiger charge is -2.07. The van der Waals surface area contributed by atoms with Gasteiger partial charge in [-0.05, 0) is 48.9 Å². The minimum atomic E-state index is -0.150. The van der Waals surface area contributed by atoms with Crippen LogP contribution in [0.2, 0.25) is 0 Å². The molecular formula is C16H12BrN3O. The first-order chi connectivity index (χ1) is 10.1. The molecular weight excluding hydrogens is 330 g/mol. The number of hydrogen-bond acceptors (Lipinski definition) is 3. The van der Waals surface area contributed by atoms with Crippen LogP contribution < -0.4 is 5.32 Å². The number of halogens is 1. The van der Waals surface area contributed by atoms with Gasteiger partial charge >= 0.3 is 0 Å². The van der Waals surface area contributed by atoms with Crippen LogP contribution in [0.15, 0.2) is 53.3 Å². The van der Waals surface area contributed by atoms with E-state index in [1.807, 2.05) is 37.3 Å². The van der Waals surface area contributed by atoms with Crippen molar-refractivity contribution < 1.29 is 4.79 Å². The van der Waals surface area contributed by atoms with Gasteiger partial charge in [-0.25, -0.2) is 0 Å². The third-order valence-corrected chi connectivity index (χ3v) is 3.49. The molecule has 104 valence electrons. The number of amides is 1. The highest BCUT2D eigenvalue weighted by molar-refractivity contribution is 9.10. The predicted octanol–water partition coefficient (Wildman–Crippen LogP) is 3.95. The van der Waals surface area contributed by atoms with Crippen LogP contribution in [0, 0.1) is 6.92 Å². The van der Waals surface area contributed by atoms with E-state index in [9.17, 15) is 4.79 Å². The van der Waals surface area contributed by atoms with Crippen molar-refractivity contribution in [1.82, 2.24) is 9.97 Å². The molecule has 2 aromatic carbocycles. The Morgan fingerprint density at radius 1 is 1.05 bits per heavy atom. The molecule has 1 aromatic heterocycles. The Labute approximate surface area is 130 Å². The average Bonchev–Trinajstić information content (AvgIpc) is 2.46. The summed E-state index contributed by atoms with van der Waals surface area (Å²) < 4.78 is 0.886. The Balaban J connectivity index is 1.88. The van der Waals surface area contributed by atoms with E-state index >= 15 is 0 Å². The molecule has 0 radical (unpaired) electrons. The molecule has 5 heteroatoms. The zero-order chi connectivity index (χ0) is 14.8. The number of rotatable bonds is 2. The van der Waals surface area contributed by atoms with Gasteiger partial charge in [-0.3, -0.25) is 14.8 Å². The monoisotopic (exact) mass is 341 g/mol. The highest BCUT2D eigenvalue weighted by Crippen LogP contribution is 2.19. The van der Waals surface area contributed by atoms with Gasteiger partial charge in [0.1, 0.15) is 0 Å². The van der Waals surface area contributed by atoms with Gasteiger partial charge < -0.3 is 5.32 Å². The van der Waals surface area contributed by atoms with Crippen LogP contribution >= 0.6 is 15.9 Å². The van der Waals surface area contributed by atoms with Crippen LogP contribution in [0.5, 0.6) is 0 Å². The maximum Gasteiger partial charge on any atom is 0.255 e. The lowest BCUT2D eigenvalue weighted by atomic mass is 10.1. The van der Waals surface area contributed by atoms with E-state index in [4.69, 9.17) is 0 Å². The second-order valence-corrected chi connectivity index (χ2v) is 5.65. The summed E-state index contributed by atoms with van der Waals surface area (Å²) in [6, 6.07) is 11.1. The highest BCUT2D eigenvalue weighted by Gasteiger charge is 2.08. The molecule has 0 spiro atoms. The molecule has 1 N–H and O–H groups in total. The molecule has 21 heavy (non-hydrogen) atoms. The Hall–Kier alpha value is -2.27. The van der Waals surface area contributed by atoms with Crippen LogP contribution in [-0.4, -0.2) is 15.9 Å². The first-order valence-electron chi connectivity index (χ1n) is 6.41. The van der Waals surface area contributed by atoms with Gasteiger partial charge in [0.15, 0.2) is 0 Å². The Morgan fingerprint density at radius 2 is 1.81 bits per heavy atom. The summed E-state index contributed by atoms with van der Waals surface area (Å²) >= 11 is 3.40. The maximum absolute atomic E-state index is 12.3. The molecule has 0 unspecified atom stereocenters. The van der Waals surface area contributed by atoms with E-state index in [-0.39, 0.29) is 5.91 Å². The minimum Gasteiger partial charge on any atom is -0.322 e. The van der Waals surface area contributed by atoms with Crippen LogP contribution in [0.4, 0.5) is 5.69 Å². The summed E-state index contributed by atoms with van der Waals surface area (Å²) in [7, 11) is 0. The van der Waals surface area contributed by atoms with E-state index in [0.717, 1.165) is 21.1 Å². The molecule has 1 heterocycles. The van der Waals surface area contributed by atoms with Gasteiger partial charge in [-0.1, -0.05) is 15.9 Å². The van der Waals surface area contributed by atoms with Crippen molar-refractivity contribution in [3.8, 4) is 0 Å². The SMILES string of the molecule is Cc1cc(Br)cc(C(=O)Nc2ccc3nccnc3c2)c1. The number of nitrogens with zero attached hydrogens (tertiary/aromatic N) is 2. The number of nitrogens with one attached hydrogen (secondary N) is 1. The fourth-order valence-corrected chi connectivity index (χ4v) is 2.72. The number of fused-ring (bicyclic) bond motifs is 1. The van der Waals surface area contributed by atoms with Crippen LogP contribution in [0.3, 0.4) is 0 Å². The van der Waals surface area contributed by atoms with Crippen molar-refractivity contribution in [2.45, 2.75) is 6.92 Å². The average molecular weight is 342 g/mol. The molecule has 0 aliphatic heterocycles. The topological polar surface area (TPSA) is 54.9 Å². The fourth-order valence-electron chi connectivity index (χ4n) is 2.11. The molecule has 3 rings (SSSR count). The molecule has 0 aliphatic rings. The van der Waals surface area contributed by atoms with Gasteiger partial charge in [0.25, 0.3) is 5.91 Å². The number of carbonyl (C=O) groups excluding carboxylic acids is 1. The molecule has 0 bridgehead atoms. The molecule has 1 amide bonds. The Morgan fingerprint density at radius 3 is 2.57 bits per heavy atom. The fraction of sp³-hybridized carbons (Fsp3) is 0.0625. The summed E-state index contributed by atoms with van der Waals surface area (Å²) in [4.78, 5) is 20.7. The van der Waals surface area contributed by atoms with Crippen molar-refractivity contribution in [3.05, 3.63) is 64.4 Å². The largest absolute Gasteiger partial charge is 0.322 e. The van der Waals surface area contributed by atoms with Crippen LogP contribution in [0.1, 0.15) is 15.9 Å². The van der Waals surface area contributed by atoms with E-state index in [0.29, 0.717) is 11.3 Å². The lowest BCUT2D eigenvalue weighted by molar-refractivity contribution is 0.102. The summed E-state index contributed by atoms with van der Waals surface area (Å²) in [5.74, 6) is -0.150. The first kappa shape index (κ1) is 13.7. The summed E-state index contributed by atoms with van der Waals surface area (Å²) in [6.07, 6.45) is 3.27. The van der Waals surface area contributed by atoms with E-state index < -0.39 is 0 Å². The lowest BCUT2D eigenvalue weighted by Crippen LogP contribution is -2.12. The molecule has 0 saturated heterocycles. The summed E-state index contributed by atoms with van der Waals surface area (Å²) in [6.45, 7) is 1.95. The van der Waals surface area contributed by atoms with Crippen molar-refractivity contribution >= 4 is 38.6 Å². The summed E-state index contributed by atoms with van der Waals surface area (Å²) in [5, 5.41) is 2.88. The molecule has 0 atom stereocenters. The third kappa shape index (κ3) is 3.08. The molecule has 3 aromatic rings. The normalized spacial score (nSPS) is 10.6. The Kier molecular flexibility index (Phi) is 3.66. The van der Waals surface area contributed by atoms with E-state index in [1.54, 1.807) is 18.5 Å². The maximum atomic E-state index is 12.3. The van der Waals surface area contributed by atoms with Gasteiger partial charge in [-0.15, -0.1) is 0 Å². The van der Waals surface area contributed by atoms with Crippen molar-refractivity contribution in [3.63, 3.8) is 0 Å². The molecule has 0 saturated carbocycles. The third-order valence-electron chi connectivity index (χ3n) is 3.03. The number of aryl methyl sites for hydroxylation is 1. The van der Waals surface area contributed by atoms with E-state index in [1.165, 1.54) is 0 Å². The summed E-state index contributed by atoms with van der Waals surface area (Å²) in [5.41, 5.74) is 3.89. The van der Waals surface area contributed by atoms with Crippen LogP contribution in [-0.2, 0) is 0 Å². The zero-order valence-corrected chi connectivity index (χ0v) is 12.9. The van der Waals surface area contributed by atoms with Gasteiger partial charge in [0.2, 0.25) is 0 Å².